The first-order valence-electron chi connectivity index (χ1n) is 9.13. The first-order valence-corrected chi connectivity index (χ1v) is 9.13. The van der Waals surface area contributed by atoms with Crippen molar-refractivity contribution in [2.24, 2.45) is 0 Å². The molecule has 22 heavy (non-hydrogen) atoms. The van der Waals surface area contributed by atoms with E-state index >= 15 is 0 Å². The lowest BCUT2D eigenvalue weighted by molar-refractivity contribution is 0.0298. The third-order valence-electron chi connectivity index (χ3n) is 3.91. The molecule has 0 heterocycles. The van der Waals surface area contributed by atoms with Gasteiger partial charge in [0.2, 0.25) is 0 Å². The van der Waals surface area contributed by atoms with Gasteiger partial charge in [-0.2, -0.15) is 0 Å². The SMILES string of the molecule is CCCCCCCCCCCOCC(O)CNC(C)(C)CO. The maximum atomic E-state index is 9.78. The first kappa shape index (κ1) is 21.8. The fraction of sp³-hybridized carbons (Fsp3) is 1.00. The van der Waals surface area contributed by atoms with Crippen molar-refractivity contribution in [1.29, 1.82) is 0 Å². The molecular weight excluding hydrogens is 278 g/mol. The predicted molar refractivity (Wildman–Crippen MR) is 93.2 cm³/mol. The van der Waals surface area contributed by atoms with Crippen LogP contribution in [0.25, 0.3) is 0 Å². The van der Waals surface area contributed by atoms with E-state index < -0.39 is 6.10 Å². The summed E-state index contributed by atoms with van der Waals surface area (Å²) in [4.78, 5) is 0. The Kier molecular flexibility index (Phi) is 14.3. The van der Waals surface area contributed by atoms with Gasteiger partial charge in [0, 0.05) is 18.7 Å². The summed E-state index contributed by atoms with van der Waals surface area (Å²) in [6.45, 7) is 7.67. The summed E-state index contributed by atoms with van der Waals surface area (Å²) in [7, 11) is 0. The molecule has 0 radical (unpaired) electrons. The Hall–Kier alpha value is -0.160. The highest BCUT2D eigenvalue weighted by Gasteiger charge is 2.16. The zero-order chi connectivity index (χ0) is 16.7. The first-order chi connectivity index (χ1) is 10.5. The van der Waals surface area contributed by atoms with Crippen LogP contribution in [0.15, 0.2) is 0 Å². The van der Waals surface area contributed by atoms with Crippen LogP contribution in [0.1, 0.15) is 78.6 Å². The highest BCUT2D eigenvalue weighted by molar-refractivity contribution is 4.77. The van der Waals surface area contributed by atoms with E-state index in [-0.39, 0.29) is 12.1 Å². The lowest BCUT2D eigenvalue weighted by Gasteiger charge is -2.25. The van der Waals surface area contributed by atoms with Crippen LogP contribution in [-0.4, -0.2) is 48.2 Å². The van der Waals surface area contributed by atoms with Gasteiger partial charge in [0.1, 0.15) is 0 Å². The van der Waals surface area contributed by atoms with E-state index in [1.54, 1.807) is 0 Å². The number of hydrogen-bond acceptors (Lipinski definition) is 4. The second kappa shape index (κ2) is 14.4. The molecule has 0 aliphatic heterocycles. The molecule has 0 saturated carbocycles. The predicted octanol–water partition coefficient (Wildman–Crippen LogP) is 3.26. The molecule has 3 N–H and O–H groups in total. The minimum Gasteiger partial charge on any atom is -0.394 e. The van der Waals surface area contributed by atoms with Gasteiger partial charge in [0.25, 0.3) is 0 Å². The quantitative estimate of drug-likeness (QED) is 0.382. The second-order valence-corrected chi connectivity index (χ2v) is 6.98. The number of nitrogens with one attached hydrogen (secondary N) is 1. The van der Waals surface area contributed by atoms with Crippen molar-refractivity contribution in [2.75, 3.05) is 26.4 Å². The van der Waals surface area contributed by atoms with Crippen molar-refractivity contribution in [3.8, 4) is 0 Å². The summed E-state index contributed by atoms with van der Waals surface area (Å²) in [5.41, 5.74) is -0.349. The Bertz CT molecular complexity index is 234. The zero-order valence-electron chi connectivity index (χ0n) is 15.1. The number of aliphatic hydroxyl groups is 2. The molecule has 0 bridgehead atoms. The zero-order valence-corrected chi connectivity index (χ0v) is 15.1. The van der Waals surface area contributed by atoms with Gasteiger partial charge in [-0.1, -0.05) is 58.3 Å². The van der Waals surface area contributed by atoms with Crippen LogP contribution < -0.4 is 5.32 Å². The average Bonchev–Trinajstić information content (AvgIpc) is 2.50. The monoisotopic (exact) mass is 317 g/mol. The van der Waals surface area contributed by atoms with Crippen molar-refractivity contribution in [3.05, 3.63) is 0 Å². The average molecular weight is 318 g/mol. The molecule has 0 fully saturated rings. The van der Waals surface area contributed by atoms with E-state index in [1.807, 2.05) is 13.8 Å². The molecular formula is C18H39NO3. The Morgan fingerprint density at radius 2 is 1.50 bits per heavy atom. The lowest BCUT2D eigenvalue weighted by Crippen LogP contribution is -2.46. The molecule has 4 nitrogen and oxygen atoms in total. The number of unbranched alkanes of at least 4 members (excludes halogenated alkanes) is 8. The van der Waals surface area contributed by atoms with E-state index in [9.17, 15) is 5.11 Å². The third-order valence-corrected chi connectivity index (χ3v) is 3.91. The number of rotatable bonds is 16. The largest absolute Gasteiger partial charge is 0.394 e. The van der Waals surface area contributed by atoms with E-state index in [4.69, 9.17) is 9.84 Å². The molecule has 4 heteroatoms. The molecule has 0 aromatic rings. The molecule has 0 aromatic carbocycles. The molecule has 0 aliphatic rings. The summed E-state index contributed by atoms with van der Waals surface area (Å²) in [6, 6.07) is 0. The van der Waals surface area contributed by atoms with Crippen LogP contribution in [0, 0.1) is 0 Å². The third kappa shape index (κ3) is 14.8. The van der Waals surface area contributed by atoms with Crippen molar-refractivity contribution < 1.29 is 14.9 Å². The second-order valence-electron chi connectivity index (χ2n) is 6.98. The minimum absolute atomic E-state index is 0.0546. The fourth-order valence-electron chi connectivity index (χ4n) is 2.24. The van der Waals surface area contributed by atoms with Crippen molar-refractivity contribution in [3.63, 3.8) is 0 Å². The van der Waals surface area contributed by atoms with Crippen LogP contribution in [0.4, 0.5) is 0 Å². The number of β-amino-alcohol motifs (C(OH)–C–C–N with tert-alkyl or cyclic N) is 1. The van der Waals surface area contributed by atoms with Crippen LogP contribution in [-0.2, 0) is 4.74 Å². The van der Waals surface area contributed by atoms with Crippen LogP contribution in [0.3, 0.4) is 0 Å². The summed E-state index contributed by atoms with van der Waals surface area (Å²) < 4.78 is 5.50. The Morgan fingerprint density at radius 3 is 2.05 bits per heavy atom. The maximum absolute atomic E-state index is 9.78. The van der Waals surface area contributed by atoms with Gasteiger partial charge < -0.3 is 20.3 Å². The van der Waals surface area contributed by atoms with Gasteiger partial charge >= 0.3 is 0 Å². The molecule has 0 saturated heterocycles. The molecule has 0 rings (SSSR count). The van der Waals surface area contributed by atoms with E-state index in [2.05, 4.69) is 12.2 Å². The highest BCUT2D eigenvalue weighted by atomic mass is 16.5. The van der Waals surface area contributed by atoms with Crippen molar-refractivity contribution >= 4 is 0 Å². The number of hydrogen-bond donors (Lipinski definition) is 3. The van der Waals surface area contributed by atoms with Crippen molar-refractivity contribution in [1.82, 2.24) is 5.32 Å². The topological polar surface area (TPSA) is 61.7 Å². The summed E-state index contributed by atoms with van der Waals surface area (Å²) >= 11 is 0. The summed E-state index contributed by atoms with van der Waals surface area (Å²) in [5.74, 6) is 0. The smallest absolute Gasteiger partial charge is 0.0897 e. The van der Waals surface area contributed by atoms with E-state index in [0.29, 0.717) is 13.2 Å². The standard InChI is InChI=1S/C18H39NO3/c1-4-5-6-7-8-9-10-11-12-13-22-15-17(21)14-19-18(2,3)16-20/h17,19-21H,4-16H2,1-3H3. The lowest BCUT2D eigenvalue weighted by atomic mass is 10.1. The molecule has 0 amide bonds. The van der Waals surface area contributed by atoms with E-state index in [1.165, 1.54) is 51.4 Å². The Labute approximate surface area is 137 Å². The summed E-state index contributed by atoms with van der Waals surface area (Å²) in [5, 5.41) is 22.0. The molecule has 0 aromatic heterocycles. The van der Waals surface area contributed by atoms with Gasteiger partial charge in [-0.15, -0.1) is 0 Å². The highest BCUT2D eigenvalue weighted by Crippen LogP contribution is 2.09. The molecule has 134 valence electrons. The fourth-order valence-corrected chi connectivity index (χ4v) is 2.24. The van der Waals surface area contributed by atoms with Crippen LogP contribution in [0.2, 0.25) is 0 Å². The number of aliphatic hydroxyl groups excluding tert-OH is 2. The molecule has 1 unspecified atom stereocenters. The van der Waals surface area contributed by atoms with Gasteiger partial charge in [-0.25, -0.2) is 0 Å². The van der Waals surface area contributed by atoms with Gasteiger partial charge in [-0.05, 0) is 20.3 Å². The molecule has 1 atom stereocenters. The molecule has 0 spiro atoms. The van der Waals surface area contributed by atoms with E-state index in [0.717, 1.165) is 13.0 Å². The van der Waals surface area contributed by atoms with Gasteiger partial charge in [0.15, 0.2) is 0 Å². The number of ether oxygens (including phenoxy) is 1. The van der Waals surface area contributed by atoms with Crippen molar-refractivity contribution in [2.45, 2.75) is 90.2 Å². The maximum Gasteiger partial charge on any atom is 0.0897 e. The van der Waals surface area contributed by atoms with Gasteiger partial charge in [0.05, 0.1) is 19.3 Å². The molecule has 0 aliphatic carbocycles. The Morgan fingerprint density at radius 1 is 0.955 bits per heavy atom. The summed E-state index contributed by atoms with van der Waals surface area (Å²) in [6.07, 6.45) is 11.3. The normalized spacial score (nSPS) is 13.5. The van der Waals surface area contributed by atoms with Gasteiger partial charge in [-0.3, -0.25) is 0 Å². The van der Waals surface area contributed by atoms with Crippen LogP contribution >= 0.6 is 0 Å². The van der Waals surface area contributed by atoms with Crippen LogP contribution in [0.5, 0.6) is 0 Å². The minimum atomic E-state index is -0.510. The Balaban J connectivity index is 3.25.